The normalized spacial score (nSPS) is 12.2. The molecule has 7 nitrogen and oxygen atoms in total. The number of rotatable bonds is 12. The van der Waals surface area contributed by atoms with Crippen LogP contribution in [0.2, 0.25) is 0 Å². The molecule has 0 saturated heterocycles. The molecule has 3 rings (SSSR count). The SMILES string of the molecule is CC(C)CC(COc1ccc(-c2ccc(C(F)(F)F)cc2)cn1)Nc1ccc(C(=O)NCCC(=O)O)cc1. The van der Waals surface area contributed by atoms with Gasteiger partial charge in [0.25, 0.3) is 5.91 Å². The van der Waals surface area contributed by atoms with Gasteiger partial charge in [-0.05, 0) is 60.4 Å². The highest BCUT2D eigenvalue weighted by Gasteiger charge is 2.30. The largest absolute Gasteiger partial charge is 0.481 e. The highest BCUT2D eigenvalue weighted by Crippen LogP contribution is 2.31. The number of aromatic nitrogens is 1. The molecule has 0 fully saturated rings. The molecule has 1 amide bonds. The lowest BCUT2D eigenvalue weighted by Crippen LogP contribution is -2.29. The van der Waals surface area contributed by atoms with Crippen molar-refractivity contribution < 1.29 is 32.6 Å². The van der Waals surface area contributed by atoms with Gasteiger partial charge in [0.2, 0.25) is 5.88 Å². The number of pyridine rings is 1. The van der Waals surface area contributed by atoms with E-state index in [0.29, 0.717) is 35.1 Å². The van der Waals surface area contributed by atoms with E-state index in [0.717, 1.165) is 24.2 Å². The van der Waals surface area contributed by atoms with Crippen LogP contribution in [0.25, 0.3) is 11.1 Å². The summed E-state index contributed by atoms with van der Waals surface area (Å²) in [6.45, 7) is 4.57. The number of carbonyl (C=O) groups is 2. The molecule has 0 aliphatic heterocycles. The van der Waals surface area contributed by atoms with Crippen molar-refractivity contribution in [1.82, 2.24) is 10.3 Å². The van der Waals surface area contributed by atoms with E-state index >= 15 is 0 Å². The van der Waals surface area contributed by atoms with Crippen LogP contribution in [0, 0.1) is 5.92 Å². The number of carboxylic acids is 1. The molecule has 1 unspecified atom stereocenters. The zero-order valence-corrected chi connectivity index (χ0v) is 21.1. The van der Waals surface area contributed by atoms with E-state index in [1.54, 1.807) is 42.6 Å². The summed E-state index contributed by atoms with van der Waals surface area (Å²) in [4.78, 5) is 27.0. The fraction of sp³-hybridized carbons (Fsp3) is 0.321. The van der Waals surface area contributed by atoms with Crippen LogP contribution in [-0.4, -0.2) is 41.2 Å². The number of hydrogen-bond donors (Lipinski definition) is 3. The van der Waals surface area contributed by atoms with E-state index in [2.05, 4.69) is 29.5 Å². The summed E-state index contributed by atoms with van der Waals surface area (Å²) in [6, 6.07) is 15.1. The van der Waals surface area contributed by atoms with Gasteiger partial charge in [-0.2, -0.15) is 13.2 Å². The maximum absolute atomic E-state index is 12.8. The molecule has 10 heteroatoms. The second-order valence-electron chi connectivity index (χ2n) is 9.22. The molecule has 0 aliphatic rings. The monoisotopic (exact) mass is 529 g/mol. The first-order valence-corrected chi connectivity index (χ1v) is 12.1. The van der Waals surface area contributed by atoms with Gasteiger partial charge in [-0.15, -0.1) is 0 Å². The average Bonchev–Trinajstić information content (AvgIpc) is 2.87. The minimum atomic E-state index is -4.38. The third kappa shape index (κ3) is 8.79. The lowest BCUT2D eigenvalue weighted by Gasteiger charge is -2.22. The van der Waals surface area contributed by atoms with E-state index in [1.807, 2.05) is 0 Å². The number of nitrogens with one attached hydrogen (secondary N) is 2. The highest BCUT2D eigenvalue weighted by atomic mass is 19.4. The summed E-state index contributed by atoms with van der Waals surface area (Å²) in [5.41, 5.74) is 1.82. The first kappa shape index (κ1) is 28.5. The minimum Gasteiger partial charge on any atom is -0.481 e. The van der Waals surface area contributed by atoms with Crippen molar-refractivity contribution in [3.8, 4) is 17.0 Å². The zero-order valence-electron chi connectivity index (χ0n) is 21.1. The maximum atomic E-state index is 12.8. The molecule has 3 aromatic rings. The highest BCUT2D eigenvalue weighted by molar-refractivity contribution is 5.94. The van der Waals surface area contributed by atoms with Crippen LogP contribution in [0.1, 0.15) is 42.6 Å². The number of hydrogen-bond acceptors (Lipinski definition) is 5. The lowest BCUT2D eigenvalue weighted by molar-refractivity contribution is -0.138. The van der Waals surface area contributed by atoms with Gasteiger partial charge in [-0.1, -0.05) is 26.0 Å². The predicted octanol–water partition coefficient (Wildman–Crippen LogP) is 5.88. The van der Waals surface area contributed by atoms with Gasteiger partial charge in [0.15, 0.2) is 0 Å². The number of carboxylic acid groups (broad SMARTS) is 1. The number of amides is 1. The van der Waals surface area contributed by atoms with Crippen LogP contribution >= 0.6 is 0 Å². The molecular weight excluding hydrogens is 499 g/mol. The summed E-state index contributed by atoms with van der Waals surface area (Å²) >= 11 is 0. The van der Waals surface area contributed by atoms with E-state index in [4.69, 9.17) is 9.84 Å². The molecule has 0 aliphatic carbocycles. The van der Waals surface area contributed by atoms with Gasteiger partial charge < -0.3 is 20.5 Å². The Morgan fingerprint density at radius 2 is 1.63 bits per heavy atom. The summed E-state index contributed by atoms with van der Waals surface area (Å²) in [5, 5.41) is 14.7. The molecule has 0 spiro atoms. The first-order valence-electron chi connectivity index (χ1n) is 12.1. The van der Waals surface area contributed by atoms with Gasteiger partial charge in [-0.25, -0.2) is 4.98 Å². The molecule has 3 N–H and O–H groups in total. The van der Waals surface area contributed by atoms with Crippen LogP contribution in [0.5, 0.6) is 5.88 Å². The summed E-state index contributed by atoms with van der Waals surface area (Å²) < 4.78 is 44.3. The first-order chi connectivity index (χ1) is 18.0. The molecule has 1 heterocycles. The number of carbonyl (C=O) groups excluding carboxylic acids is 1. The molecule has 1 aromatic heterocycles. The number of aliphatic carboxylic acids is 1. The Hall–Kier alpha value is -4.08. The maximum Gasteiger partial charge on any atom is 0.416 e. The Balaban J connectivity index is 1.57. The molecule has 0 radical (unpaired) electrons. The van der Waals surface area contributed by atoms with Gasteiger partial charge >= 0.3 is 12.1 Å². The van der Waals surface area contributed by atoms with Crippen molar-refractivity contribution >= 4 is 17.6 Å². The van der Waals surface area contributed by atoms with Gasteiger partial charge in [0, 0.05) is 35.6 Å². The smallest absolute Gasteiger partial charge is 0.416 e. The van der Waals surface area contributed by atoms with Crippen molar-refractivity contribution in [3.05, 3.63) is 78.0 Å². The van der Waals surface area contributed by atoms with E-state index in [-0.39, 0.29) is 24.9 Å². The average molecular weight is 530 g/mol. The summed E-state index contributed by atoms with van der Waals surface area (Å²) in [7, 11) is 0. The van der Waals surface area contributed by atoms with Crippen LogP contribution in [-0.2, 0) is 11.0 Å². The van der Waals surface area contributed by atoms with Crippen LogP contribution < -0.4 is 15.4 Å². The fourth-order valence-electron chi connectivity index (χ4n) is 3.75. The number of nitrogens with zero attached hydrogens (tertiary/aromatic N) is 1. The minimum absolute atomic E-state index is 0.0540. The second kappa shape index (κ2) is 12.9. The Labute approximate surface area is 219 Å². The van der Waals surface area contributed by atoms with Crippen molar-refractivity contribution in [2.24, 2.45) is 5.92 Å². The number of benzene rings is 2. The third-order valence-corrected chi connectivity index (χ3v) is 5.61. The standard InChI is InChI=1S/C28H30F3N3O4/c1-18(2)15-24(34-23-10-5-20(6-11-23)27(37)32-14-13-26(35)36)17-38-25-12-7-21(16-33-25)19-3-8-22(9-4-19)28(29,30)31/h3-12,16,18,24,34H,13-15,17H2,1-2H3,(H,32,37)(H,35,36). The molecule has 202 valence electrons. The number of alkyl halides is 3. The van der Waals surface area contributed by atoms with Crippen molar-refractivity contribution in [2.45, 2.75) is 38.9 Å². The zero-order chi connectivity index (χ0) is 27.7. The Kier molecular flexibility index (Phi) is 9.70. The van der Waals surface area contributed by atoms with Crippen molar-refractivity contribution in [1.29, 1.82) is 0 Å². The number of halogens is 3. The molecule has 1 atom stereocenters. The molecule has 38 heavy (non-hydrogen) atoms. The predicted molar refractivity (Wildman–Crippen MR) is 138 cm³/mol. The lowest BCUT2D eigenvalue weighted by atomic mass is 10.0. The van der Waals surface area contributed by atoms with Crippen LogP contribution in [0.15, 0.2) is 66.9 Å². The fourth-order valence-corrected chi connectivity index (χ4v) is 3.75. The topological polar surface area (TPSA) is 101 Å². The Morgan fingerprint density at radius 1 is 0.974 bits per heavy atom. The quantitative estimate of drug-likeness (QED) is 0.271. The van der Waals surface area contributed by atoms with Crippen molar-refractivity contribution in [3.63, 3.8) is 0 Å². The second-order valence-corrected chi connectivity index (χ2v) is 9.22. The van der Waals surface area contributed by atoms with E-state index < -0.39 is 17.7 Å². The van der Waals surface area contributed by atoms with Crippen LogP contribution in [0.4, 0.5) is 18.9 Å². The molecule has 0 saturated carbocycles. The third-order valence-electron chi connectivity index (χ3n) is 5.61. The molecule has 0 bridgehead atoms. The Morgan fingerprint density at radius 3 is 2.18 bits per heavy atom. The number of ether oxygens (including phenoxy) is 1. The molecule has 2 aromatic carbocycles. The van der Waals surface area contributed by atoms with Crippen molar-refractivity contribution in [2.75, 3.05) is 18.5 Å². The summed E-state index contributed by atoms with van der Waals surface area (Å²) in [5.74, 6) is -0.547. The van der Waals surface area contributed by atoms with Crippen LogP contribution in [0.3, 0.4) is 0 Å². The van der Waals surface area contributed by atoms with E-state index in [1.165, 1.54) is 12.1 Å². The van der Waals surface area contributed by atoms with E-state index in [9.17, 15) is 22.8 Å². The Bertz CT molecular complexity index is 1200. The van der Waals surface area contributed by atoms with Gasteiger partial charge in [-0.3, -0.25) is 9.59 Å². The number of anilines is 1. The molecular formula is C28H30F3N3O4. The van der Waals surface area contributed by atoms with Gasteiger partial charge in [0.05, 0.1) is 18.0 Å². The van der Waals surface area contributed by atoms with Gasteiger partial charge in [0.1, 0.15) is 6.61 Å². The summed E-state index contributed by atoms with van der Waals surface area (Å²) in [6.07, 6.45) is -2.16.